The number of para-hydroxylation sites is 1. The van der Waals surface area contributed by atoms with Crippen LogP contribution in [0, 0.1) is 17.8 Å². The van der Waals surface area contributed by atoms with Crippen molar-refractivity contribution < 1.29 is 14.0 Å². The van der Waals surface area contributed by atoms with Crippen LogP contribution in [0.15, 0.2) is 54.6 Å². The molecule has 2 aliphatic heterocycles. The Morgan fingerprint density at radius 2 is 1.72 bits per heavy atom. The van der Waals surface area contributed by atoms with E-state index in [1.54, 1.807) is 0 Å². The molecule has 0 spiro atoms. The molecule has 0 aromatic heterocycles. The Labute approximate surface area is 194 Å². The Hall–Kier alpha value is -2.28. The molecule has 0 amide bonds. The average molecular weight is 433 g/mol. The minimum absolute atomic E-state index is 0.0262. The van der Waals surface area contributed by atoms with Gasteiger partial charge in [0.25, 0.3) is 0 Å². The molecular formula is C29H38NO2+. The van der Waals surface area contributed by atoms with Crippen LogP contribution in [-0.2, 0) is 11.3 Å². The highest BCUT2D eigenvalue weighted by Crippen LogP contribution is 2.52. The smallest absolute Gasteiger partial charge is 0.141 e. The van der Waals surface area contributed by atoms with Crippen molar-refractivity contribution in [2.75, 3.05) is 13.6 Å². The zero-order valence-corrected chi connectivity index (χ0v) is 20.5. The van der Waals surface area contributed by atoms with Crippen molar-refractivity contribution in [3.05, 3.63) is 65.7 Å². The molecule has 2 heterocycles. The van der Waals surface area contributed by atoms with E-state index in [2.05, 4.69) is 102 Å². The molecule has 4 atom stereocenters. The standard InChI is InChI=1S/C29H38NO2/c1-22(2)30(6,21-23-13-8-7-9-14-23)20-12-18-29(5)19-17-25-27(32-29)24-15-10-11-16-26(24)31-28(25,3)4/h7-11,13-16,22,25,27H,17,19-21H2,1-6H3/q+1/t25-,27-,29-,30-/m1/s1. The lowest BCUT2D eigenvalue weighted by Crippen LogP contribution is -2.51. The summed E-state index contributed by atoms with van der Waals surface area (Å²) in [7, 11) is 2.31. The fraction of sp³-hybridized carbons (Fsp3) is 0.517. The van der Waals surface area contributed by atoms with Crippen LogP contribution in [0.1, 0.15) is 64.7 Å². The van der Waals surface area contributed by atoms with E-state index in [0.29, 0.717) is 12.0 Å². The van der Waals surface area contributed by atoms with E-state index in [1.165, 1.54) is 5.56 Å². The van der Waals surface area contributed by atoms with Gasteiger partial charge in [-0.3, -0.25) is 0 Å². The number of fused-ring (bicyclic) bond motifs is 3. The fourth-order valence-corrected chi connectivity index (χ4v) is 5.08. The molecule has 1 saturated heterocycles. The number of ether oxygens (including phenoxy) is 2. The lowest BCUT2D eigenvalue weighted by molar-refractivity contribution is -0.936. The van der Waals surface area contributed by atoms with Gasteiger partial charge in [-0.1, -0.05) is 54.5 Å². The van der Waals surface area contributed by atoms with Crippen LogP contribution in [0.3, 0.4) is 0 Å². The highest BCUT2D eigenvalue weighted by molar-refractivity contribution is 5.39. The Kier molecular flexibility index (Phi) is 6.14. The number of quaternary nitrogens is 1. The van der Waals surface area contributed by atoms with Crippen LogP contribution < -0.4 is 4.74 Å². The van der Waals surface area contributed by atoms with Gasteiger partial charge in [0, 0.05) is 17.0 Å². The van der Waals surface area contributed by atoms with Gasteiger partial charge in [-0.05, 0) is 59.4 Å². The summed E-state index contributed by atoms with van der Waals surface area (Å²) in [5.74, 6) is 8.38. The summed E-state index contributed by atoms with van der Waals surface area (Å²) in [6, 6.07) is 19.5. The minimum Gasteiger partial charge on any atom is -0.487 e. The largest absolute Gasteiger partial charge is 0.487 e. The number of benzene rings is 2. The molecule has 4 rings (SSSR count). The number of hydrogen-bond acceptors (Lipinski definition) is 2. The number of nitrogens with zero attached hydrogens (tertiary/aromatic N) is 1. The van der Waals surface area contributed by atoms with Crippen molar-refractivity contribution in [2.24, 2.45) is 5.92 Å². The molecule has 0 radical (unpaired) electrons. The van der Waals surface area contributed by atoms with Crippen LogP contribution >= 0.6 is 0 Å². The molecule has 0 saturated carbocycles. The first-order valence-corrected chi connectivity index (χ1v) is 12.0. The van der Waals surface area contributed by atoms with Gasteiger partial charge < -0.3 is 14.0 Å². The van der Waals surface area contributed by atoms with Crippen molar-refractivity contribution in [1.82, 2.24) is 0 Å². The van der Waals surface area contributed by atoms with Crippen molar-refractivity contribution in [3.63, 3.8) is 0 Å². The fourth-order valence-electron chi connectivity index (χ4n) is 5.08. The van der Waals surface area contributed by atoms with E-state index < -0.39 is 5.60 Å². The zero-order chi connectivity index (χ0) is 23.0. The Bertz CT molecular complexity index is 1000. The maximum absolute atomic E-state index is 6.77. The molecule has 2 aromatic rings. The van der Waals surface area contributed by atoms with Crippen molar-refractivity contribution in [1.29, 1.82) is 0 Å². The van der Waals surface area contributed by atoms with E-state index in [9.17, 15) is 0 Å². The normalized spacial score (nSPS) is 27.8. The molecule has 2 aliphatic rings. The summed E-state index contributed by atoms with van der Waals surface area (Å²) in [6.45, 7) is 12.9. The third-order valence-corrected chi connectivity index (χ3v) is 7.60. The first-order valence-electron chi connectivity index (χ1n) is 12.0. The Morgan fingerprint density at radius 3 is 2.44 bits per heavy atom. The maximum atomic E-state index is 6.77. The second-order valence-electron chi connectivity index (χ2n) is 10.8. The Balaban J connectivity index is 1.53. The van der Waals surface area contributed by atoms with Crippen LogP contribution in [0.2, 0.25) is 0 Å². The van der Waals surface area contributed by atoms with Gasteiger partial charge in [0.15, 0.2) is 0 Å². The summed E-state index contributed by atoms with van der Waals surface area (Å²) < 4.78 is 14.0. The van der Waals surface area contributed by atoms with E-state index >= 15 is 0 Å². The third-order valence-electron chi connectivity index (χ3n) is 7.60. The first-order chi connectivity index (χ1) is 15.1. The lowest BCUT2D eigenvalue weighted by atomic mass is 9.73. The van der Waals surface area contributed by atoms with E-state index in [1.807, 2.05) is 6.07 Å². The van der Waals surface area contributed by atoms with Gasteiger partial charge in [0.1, 0.15) is 30.0 Å². The lowest BCUT2D eigenvalue weighted by Gasteiger charge is -2.50. The minimum atomic E-state index is -0.434. The van der Waals surface area contributed by atoms with Gasteiger partial charge in [-0.15, -0.1) is 0 Å². The SMILES string of the molecule is CC(C)[N@+](C)(CC#C[C@]1(C)CC[C@@H]2[C@H](O1)c1ccccc1OC2(C)C)Cc1ccccc1. The van der Waals surface area contributed by atoms with Gasteiger partial charge in [0.05, 0.1) is 19.2 Å². The molecule has 0 N–H and O–H groups in total. The predicted molar refractivity (Wildman–Crippen MR) is 130 cm³/mol. The van der Waals surface area contributed by atoms with E-state index in [4.69, 9.17) is 9.47 Å². The monoisotopic (exact) mass is 432 g/mol. The summed E-state index contributed by atoms with van der Waals surface area (Å²) >= 11 is 0. The zero-order valence-electron chi connectivity index (χ0n) is 20.5. The number of rotatable bonds is 4. The number of hydrogen-bond donors (Lipinski definition) is 0. The van der Waals surface area contributed by atoms with Crippen LogP contribution in [0.25, 0.3) is 0 Å². The van der Waals surface area contributed by atoms with Gasteiger partial charge in [-0.25, -0.2) is 0 Å². The molecule has 2 aromatic carbocycles. The van der Waals surface area contributed by atoms with Crippen molar-refractivity contribution in [2.45, 2.75) is 77.4 Å². The van der Waals surface area contributed by atoms with E-state index in [0.717, 1.165) is 41.7 Å². The molecule has 170 valence electrons. The molecule has 1 fully saturated rings. The highest BCUT2D eigenvalue weighted by atomic mass is 16.5. The van der Waals surface area contributed by atoms with Gasteiger partial charge >= 0.3 is 0 Å². The summed E-state index contributed by atoms with van der Waals surface area (Å²) in [4.78, 5) is 0. The quantitative estimate of drug-likeness (QED) is 0.427. The topological polar surface area (TPSA) is 18.5 Å². The van der Waals surface area contributed by atoms with Crippen LogP contribution in [0.5, 0.6) is 5.75 Å². The van der Waals surface area contributed by atoms with Gasteiger partial charge in [-0.2, -0.15) is 0 Å². The van der Waals surface area contributed by atoms with Crippen molar-refractivity contribution in [3.8, 4) is 17.6 Å². The van der Waals surface area contributed by atoms with E-state index in [-0.39, 0.29) is 11.7 Å². The Morgan fingerprint density at radius 1 is 1.03 bits per heavy atom. The maximum Gasteiger partial charge on any atom is 0.141 e. The van der Waals surface area contributed by atoms with Crippen LogP contribution in [0.4, 0.5) is 0 Å². The molecular weight excluding hydrogens is 394 g/mol. The van der Waals surface area contributed by atoms with Crippen LogP contribution in [-0.4, -0.2) is 35.3 Å². The van der Waals surface area contributed by atoms with Crippen molar-refractivity contribution >= 4 is 0 Å². The summed E-state index contributed by atoms with van der Waals surface area (Å²) in [5.41, 5.74) is 1.85. The van der Waals surface area contributed by atoms with Gasteiger partial charge in [0.2, 0.25) is 0 Å². The molecule has 0 unspecified atom stereocenters. The summed E-state index contributed by atoms with van der Waals surface area (Å²) in [6.07, 6.45) is 2.01. The molecule has 3 heteroatoms. The highest BCUT2D eigenvalue weighted by Gasteiger charge is 2.50. The second-order valence-corrected chi connectivity index (χ2v) is 10.8. The summed E-state index contributed by atoms with van der Waals surface area (Å²) in [5, 5.41) is 0. The molecule has 32 heavy (non-hydrogen) atoms. The molecule has 3 nitrogen and oxygen atoms in total. The molecule has 0 aliphatic carbocycles. The average Bonchev–Trinajstić information content (AvgIpc) is 2.73. The third kappa shape index (κ3) is 4.58. The predicted octanol–water partition coefficient (Wildman–Crippen LogP) is 6.14. The first kappa shape index (κ1) is 22.9. The molecule has 0 bridgehead atoms. The second kappa shape index (κ2) is 8.58.